The summed E-state index contributed by atoms with van der Waals surface area (Å²) in [6.07, 6.45) is 0.188. The molecular weight excluding hydrogens is 214 g/mol. The summed E-state index contributed by atoms with van der Waals surface area (Å²) in [5.74, 6) is -1.62. The minimum atomic E-state index is -0.606. The molecule has 0 aliphatic carbocycles. The summed E-state index contributed by atoms with van der Waals surface area (Å²) in [7, 11) is 0. The van der Waals surface area contributed by atoms with Crippen LogP contribution in [-0.2, 0) is 4.79 Å². The smallest absolute Gasteiger partial charge is 0.218 e. The third-order valence-electron chi connectivity index (χ3n) is 2.25. The average Bonchev–Trinajstić information content (AvgIpc) is 2.16. The number of nitrogens with one attached hydrogen (secondary N) is 1. The Balaban J connectivity index is 2.58. The lowest BCUT2D eigenvalue weighted by atomic mass is 10.1. The van der Waals surface area contributed by atoms with E-state index in [0.717, 1.165) is 6.07 Å². The molecule has 0 aliphatic heterocycles. The first kappa shape index (κ1) is 12.6. The van der Waals surface area contributed by atoms with Crippen molar-refractivity contribution in [1.29, 1.82) is 0 Å². The van der Waals surface area contributed by atoms with E-state index < -0.39 is 17.5 Å². The topological polar surface area (TPSA) is 55.1 Å². The van der Waals surface area contributed by atoms with Gasteiger partial charge in [0.1, 0.15) is 11.6 Å². The van der Waals surface area contributed by atoms with Crippen LogP contribution in [0.5, 0.6) is 0 Å². The van der Waals surface area contributed by atoms with E-state index in [1.54, 1.807) is 6.92 Å². The van der Waals surface area contributed by atoms with Gasteiger partial charge < -0.3 is 11.1 Å². The van der Waals surface area contributed by atoms with Crippen LogP contribution in [0.25, 0.3) is 0 Å². The normalized spacial score (nSPS) is 12.4. The second-order valence-electron chi connectivity index (χ2n) is 3.56. The zero-order chi connectivity index (χ0) is 12.1. The number of carbonyl (C=O) groups is 1. The van der Waals surface area contributed by atoms with Crippen LogP contribution in [0.4, 0.5) is 8.78 Å². The van der Waals surface area contributed by atoms with Crippen LogP contribution in [0.2, 0.25) is 0 Å². The molecule has 1 aromatic rings. The zero-order valence-electron chi connectivity index (χ0n) is 8.97. The number of amides is 1. The fourth-order valence-electron chi connectivity index (χ4n) is 1.37. The molecule has 0 saturated heterocycles. The van der Waals surface area contributed by atoms with Gasteiger partial charge in [0, 0.05) is 30.6 Å². The summed E-state index contributed by atoms with van der Waals surface area (Å²) in [5, 5.41) is 2.93. The van der Waals surface area contributed by atoms with Crippen molar-refractivity contribution in [3.63, 3.8) is 0 Å². The molecule has 5 heteroatoms. The largest absolute Gasteiger partial charge is 0.370 e. The summed E-state index contributed by atoms with van der Waals surface area (Å²) in [4.78, 5) is 10.5. The van der Waals surface area contributed by atoms with E-state index in [4.69, 9.17) is 5.73 Å². The molecule has 88 valence electrons. The molecule has 0 heterocycles. The molecule has 0 bridgehead atoms. The monoisotopic (exact) mass is 228 g/mol. The van der Waals surface area contributed by atoms with Crippen LogP contribution in [0.15, 0.2) is 18.2 Å². The molecule has 1 atom stereocenters. The summed E-state index contributed by atoms with van der Waals surface area (Å²) < 4.78 is 26.0. The lowest BCUT2D eigenvalue weighted by molar-refractivity contribution is -0.117. The first-order chi connectivity index (χ1) is 7.50. The molecule has 0 aliphatic rings. The zero-order valence-corrected chi connectivity index (χ0v) is 8.97. The lowest BCUT2D eigenvalue weighted by Crippen LogP contribution is -2.25. The Hall–Kier alpha value is -1.49. The van der Waals surface area contributed by atoms with Crippen LogP contribution < -0.4 is 11.1 Å². The van der Waals surface area contributed by atoms with Gasteiger partial charge in [0.2, 0.25) is 5.91 Å². The van der Waals surface area contributed by atoms with Gasteiger partial charge in [-0.2, -0.15) is 0 Å². The van der Waals surface area contributed by atoms with E-state index in [1.165, 1.54) is 12.1 Å². The maximum Gasteiger partial charge on any atom is 0.218 e. The summed E-state index contributed by atoms with van der Waals surface area (Å²) in [6.45, 7) is 2.10. The fraction of sp³-hybridized carbons (Fsp3) is 0.364. The van der Waals surface area contributed by atoms with Gasteiger partial charge in [-0.15, -0.1) is 0 Å². The highest BCUT2D eigenvalue weighted by Gasteiger charge is 2.11. The van der Waals surface area contributed by atoms with Crippen LogP contribution >= 0.6 is 0 Å². The second-order valence-corrected chi connectivity index (χ2v) is 3.56. The van der Waals surface area contributed by atoms with Gasteiger partial charge in [0.05, 0.1) is 0 Å². The van der Waals surface area contributed by atoms with Crippen LogP contribution in [-0.4, -0.2) is 12.5 Å². The highest BCUT2D eigenvalue weighted by atomic mass is 19.1. The van der Waals surface area contributed by atoms with Gasteiger partial charge in [-0.25, -0.2) is 8.78 Å². The predicted octanol–water partition coefficient (Wildman–Crippen LogP) is 1.49. The highest BCUT2D eigenvalue weighted by molar-refractivity contribution is 5.73. The molecular formula is C11H14F2N2O. The third-order valence-corrected chi connectivity index (χ3v) is 2.25. The lowest BCUT2D eigenvalue weighted by Gasteiger charge is -2.14. The van der Waals surface area contributed by atoms with Crippen LogP contribution in [0.1, 0.15) is 24.9 Å². The van der Waals surface area contributed by atoms with Gasteiger partial charge in [0.15, 0.2) is 0 Å². The van der Waals surface area contributed by atoms with Crippen molar-refractivity contribution < 1.29 is 13.6 Å². The molecule has 1 unspecified atom stereocenters. The Kier molecular flexibility index (Phi) is 4.37. The van der Waals surface area contributed by atoms with Gasteiger partial charge in [-0.05, 0) is 13.0 Å². The molecule has 1 amide bonds. The fourth-order valence-corrected chi connectivity index (χ4v) is 1.37. The Morgan fingerprint density at radius 3 is 2.75 bits per heavy atom. The SMILES string of the molecule is CC(NCCC(N)=O)c1ccc(F)cc1F. The molecule has 0 fully saturated rings. The minimum Gasteiger partial charge on any atom is -0.370 e. The van der Waals surface area contributed by atoms with Gasteiger partial charge in [-0.1, -0.05) is 6.07 Å². The van der Waals surface area contributed by atoms with Crippen LogP contribution in [0, 0.1) is 11.6 Å². The van der Waals surface area contributed by atoms with E-state index in [9.17, 15) is 13.6 Å². The minimum absolute atomic E-state index is 0.188. The first-order valence-corrected chi connectivity index (χ1v) is 4.97. The van der Waals surface area contributed by atoms with Crippen molar-refractivity contribution in [1.82, 2.24) is 5.32 Å². The summed E-state index contributed by atoms with van der Waals surface area (Å²) >= 11 is 0. The van der Waals surface area contributed by atoms with Crippen molar-refractivity contribution in [3.05, 3.63) is 35.4 Å². The number of rotatable bonds is 5. The van der Waals surface area contributed by atoms with Gasteiger partial charge in [-0.3, -0.25) is 4.79 Å². The average molecular weight is 228 g/mol. The summed E-state index contributed by atoms with van der Waals surface area (Å²) in [6, 6.07) is 3.12. The van der Waals surface area contributed by atoms with E-state index in [0.29, 0.717) is 12.1 Å². The number of benzene rings is 1. The number of hydrogen-bond acceptors (Lipinski definition) is 2. The molecule has 0 aromatic heterocycles. The standard InChI is InChI=1S/C11H14F2N2O/c1-7(15-5-4-11(14)16)9-3-2-8(12)6-10(9)13/h2-3,6-7,15H,4-5H2,1H3,(H2,14,16). The Morgan fingerprint density at radius 1 is 1.50 bits per heavy atom. The van der Waals surface area contributed by atoms with E-state index in [2.05, 4.69) is 5.32 Å². The number of halogens is 2. The molecule has 1 aromatic carbocycles. The van der Waals surface area contributed by atoms with E-state index >= 15 is 0 Å². The van der Waals surface area contributed by atoms with Crippen LogP contribution in [0.3, 0.4) is 0 Å². The molecule has 1 rings (SSSR count). The van der Waals surface area contributed by atoms with Crippen molar-refractivity contribution in [2.24, 2.45) is 5.73 Å². The van der Waals surface area contributed by atoms with Crippen molar-refractivity contribution >= 4 is 5.91 Å². The van der Waals surface area contributed by atoms with E-state index in [1.807, 2.05) is 0 Å². The molecule has 16 heavy (non-hydrogen) atoms. The molecule has 3 nitrogen and oxygen atoms in total. The number of hydrogen-bond donors (Lipinski definition) is 2. The van der Waals surface area contributed by atoms with Crippen molar-refractivity contribution in [2.45, 2.75) is 19.4 Å². The van der Waals surface area contributed by atoms with Crippen molar-refractivity contribution in [2.75, 3.05) is 6.54 Å². The third kappa shape index (κ3) is 3.58. The molecule has 0 radical (unpaired) electrons. The maximum atomic E-state index is 13.3. The summed E-state index contributed by atoms with van der Waals surface area (Å²) in [5.41, 5.74) is 5.33. The second kappa shape index (κ2) is 5.55. The quantitative estimate of drug-likeness (QED) is 0.802. The Bertz CT molecular complexity index is 382. The van der Waals surface area contributed by atoms with Crippen molar-refractivity contribution in [3.8, 4) is 0 Å². The Morgan fingerprint density at radius 2 is 2.19 bits per heavy atom. The highest BCUT2D eigenvalue weighted by Crippen LogP contribution is 2.17. The number of primary amides is 1. The molecule has 3 N–H and O–H groups in total. The first-order valence-electron chi connectivity index (χ1n) is 4.97. The Labute approximate surface area is 92.6 Å². The van der Waals surface area contributed by atoms with E-state index in [-0.39, 0.29) is 12.5 Å². The van der Waals surface area contributed by atoms with Gasteiger partial charge in [0.25, 0.3) is 0 Å². The molecule has 0 spiro atoms. The van der Waals surface area contributed by atoms with Gasteiger partial charge >= 0.3 is 0 Å². The number of nitrogens with two attached hydrogens (primary N) is 1. The predicted molar refractivity (Wildman–Crippen MR) is 56.6 cm³/mol. The maximum absolute atomic E-state index is 13.3. The molecule has 0 saturated carbocycles. The number of carbonyl (C=O) groups excluding carboxylic acids is 1.